The van der Waals surface area contributed by atoms with Gasteiger partial charge in [0.2, 0.25) is 5.91 Å². The molecule has 3 aromatic rings. The summed E-state index contributed by atoms with van der Waals surface area (Å²) in [6.07, 6.45) is 3.51. The molecule has 4 rings (SSSR count). The van der Waals surface area contributed by atoms with Crippen molar-refractivity contribution in [1.29, 1.82) is 0 Å². The Labute approximate surface area is 166 Å². The third-order valence-corrected chi connectivity index (χ3v) is 4.92. The predicted molar refractivity (Wildman–Crippen MR) is 103 cm³/mol. The largest absolute Gasteiger partial charge is 0.491 e. The van der Waals surface area contributed by atoms with E-state index in [4.69, 9.17) is 21.3 Å². The van der Waals surface area contributed by atoms with Gasteiger partial charge in [-0.3, -0.25) is 4.79 Å². The Morgan fingerprint density at radius 3 is 2.96 bits per heavy atom. The SMILES string of the molecule is CN1Cc2cc(F)ccc2OCCN(C(=O)CCl)Cc2cnn3ccc1nc23. The first-order chi connectivity index (χ1) is 13.5. The number of fused-ring (bicyclic) bond motifs is 2. The van der Waals surface area contributed by atoms with Crippen molar-refractivity contribution < 1.29 is 13.9 Å². The minimum absolute atomic E-state index is 0.123. The molecule has 7 nitrogen and oxygen atoms in total. The number of hydrogen-bond acceptors (Lipinski definition) is 5. The van der Waals surface area contributed by atoms with Crippen LogP contribution in [0.25, 0.3) is 5.65 Å². The van der Waals surface area contributed by atoms with Gasteiger partial charge in [0.1, 0.15) is 29.9 Å². The molecule has 1 aromatic carbocycles. The topological polar surface area (TPSA) is 63.0 Å². The fourth-order valence-electron chi connectivity index (χ4n) is 3.23. The predicted octanol–water partition coefficient (Wildman–Crippen LogP) is 2.46. The Bertz CT molecular complexity index is 1020. The van der Waals surface area contributed by atoms with E-state index in [1.165, 1.54) is 12.1 Å². The number of carbonyl (C=O) groups excluding carboxylic acids is 1. The number of carbonyl (C=O) groups is 1. The highest BCUT2D eigenvalue weighted by Gasteiger charge is 2.19. The molecule has 2 bridgehead atoms. The molecule has 0 saturated heterocycles. The number of amides is 1. The van der Waals surface area contributed by atoms with E-state index in [2.05, 4.69) is 5.10 Å². The Kier molecular flexibility index (Phi) is 5.04. The van der Waals surface area contributed by atoms with Gasteiger partial charge >= 0.3 is 0 Å². The molecular weight excluding hydrogens is 385 g/mol. The van der Waals surface area contributed by atoms with E-state index in [-0.39, 0.29) is 24.2 Å². The van der Waals surface area contributed by atoms with Crippen molar-refractivity contribution in [2.24, 2.45) is 0 Å². The van der Waals surface area contributed by atoms with Crippen molar-refractivity contribution >= 4 is 29.0 Å². The number of rotatable bonds is 1. The number of halogens is 2. The molecule has 2 aromatic heterocycles. The van der Waals surface area contributed by atoms with Crippen LogP contribution in [0.4, 0.5) is 10.2 Å². The second kappa shape index (κ2) is 7.63. The Balaban J connectivity index is 1.79. The van der Waals surface area contributed by atoms with Crippen molar-refractivity contribution in [3.63, 3.8) is 0 Å². The van der Waals surface area contributed by atoms with Crippen LogP contribution < -0.4 is 9.64 Å². The highest BCUT2D eigenvalue weighted by molar-refractivity contribution is 6.27. The summed E-state index contributed by atoms with van der Waals surface area (Å²) in [5.41, 5.74) is 2.18. The lowest BCUT2D eigenvalue weighted by molar-refractivity contribution is -0.129. The van der Waals surface area contributed by atoms with Crippen LogP contribution in [-0.2, 0) is 17.9 Å². The summed E-state index contributed by atoms with van der Waals surface area (Å²) < 4.78 is 21.3. The highest BCUT2D eigenvalue weighted by atomic mass is 35.5. The van der Waals surface area contributed by atoms with Gasteiger partial charge in [-0.05, 0) is 24.3 Å². The molecule has 1 aliphatic heterocycles. The third kappa shape index (κ3) is 3.60. The zero-order valence-corrected chi connectivity index (χ0v) is 16.1. The quantitative estimate of drug-likeness (QED) is 0.584. The maximum atomic E-state index is 13.8. The average Bonchev–Trinajstić information content (AvgIpc) is 3.09. The summed E-state index contributed by atoms with van der Waals surface area (Å²) in [5, 5.41) is 4.31. The molecule has 0 fully saturated rings. The average molecular weight is 404 g/mol. The van der Waals surface area contributed by atoms with Gasteiger partial charge in [0.15, 0.2) is 5.65 Å². The van der Waals surface area contributed by atoms with E-state index in [1.54, 1.807) is 21.7 Å². The summed E-state index contributed by atoms with van der Waals surface area (Å²) >= 11 is 5.78. The minimum Gasteiger partial charge on any atom is -0.491 e. The molecule has 0 spiro atoms. The molecule has 0 N–H and O–H groups in total. The molecule has 0 radical (unpaired) electrons. The second-order valence-electron chi connectivity index (χ2n) is 6.63. The molecule has 0 atom stereocenters. The van der Waals surface area contributed by atoms with E-state index in [1.807, 2.05) is 24.2 Å². The minimum atomic E-state index is -0.333. The molecule has 28 heavy (non-hydrogen) atoms. The molecular formula is C19H19ClFN5O2. The Hall–Kier alpha value is -2.87. The highest BCUT2D eigenvalue weighted by Crippen LogP contribution is 2.24. The van der Waals surface area contributed by atoms with Crippen LogP contribution in [0.15, 0.2) is 36.7 Å². The van der Waals surface area contributed by atoms with Gasteiger partial charge in [-0.2, -0.15) is 5.10 Å². The number of alkyl halides is 1. The fraction of sp³-hybridized carbons (Fsp3) is 0.316. The van der Waals surface area contributed by atoms with Crippen molar-refractivity contribution in [2.45, 2.75) is 13.1 Å². The zero-order chi connectivity index (χ0) is 19.7. The van der Waals surface area contributed by atoms with Crippen LogP contribution in [0.3, 0.4) is 0 Å². The van der Waals surface area contributed by atoms with E-state index >= 15 is 0 Å². The zero-order valence-electron chi connectivity index (χ0n) is 15.3. The number of anilines is 1. The second-order valence-corrected chi connectivity index (χ2v) is 6.90. The van der Waals surface area contributed by atoms with Crippen LogP contribution in [0.1, 0.15) is 11.1 Å². The standard InChI is InChI=1S/C19H19ClFN5O2/c1-24-11-13-8-15(21)2-3-16(13)28-7-6-25(18(27)9-20)12-14-10-22-26-5-4-17(24)23-19(14)26/h2-5,8,10H,6-7,9,11-12H2,1H3. The first-order valence-corrected chi connectivity index (χ1v) is 9.38. The lowest BCUT2D eigenvalue weighted by atomic mass is 10.2. The Morgan fingerprint density at radius 1 is 1.29 bits per heavy atom. The van der Waals surface area contributed by atoms with Crippen LogP contribution >= 0.6 is 11.6 Å². The van der Waals surface area contributed by atoms with E-state index in [0.717, 1.165) is 5.56 Å². The maximum Gasteiger partial charge on any atom is 0.237 e. The number of aromatic nitrogens is 3. The van der Waals surface area contributed by atoms with Crippen LogP contribution in [0.2, 0.25) is 0 Å². The van der Waals surface area contributed by atoms with Crippen LogP contribution in [0, 0.1) is 5.82 Å². The van der Waals surface area contributed by atoms with Crippen molar-refractivity contribution in [1.82, 2.24) is 19.5 Å². The smallest absolute Gasteiger partial charge is 0.237 e. The molecule has 0 unspecified atom stereocenters. The first kappa shape index (κ1) is 18.5. The molecule has 0 saturated carbocycles. The first-order valence-electron chi connectivity index (χ1n) is 8.84. The van der Waals surface area contributed by atoms with Gasteiger partial charge < -0.3 is 14.5 Å². The molecule has 0 aliphatic carbocycles. The van der Waals surface area contributed by atoms with Crippen molar-refractivity contribution in [2.75, 3.05) is 31.0 Å². The number of hydrogen-bond donors (Lipinski definition) is 0. The van der Waals surface area contributed by atoms with Gasteiger partial charge in [0, 0.05) is 30.9 Å². The van der Waals surface area contributed by atoms with Gasteiger partial charge in [0.25, 0.3) is 0 Å². The van der Waals surface area contributed by atoms with Crippen molar-refractivity contribution in [3.8, 4) is 5.75 Å². The van der Waals surface area contributed by atoms with Gasteiger partial charge in [-0.25, -0.2) is 13.9 Å². The summed E-state index contributed by atoms with van der Waals surface area (Å²) in [4.78, 5) is 20.5. The summed E-state index contributed by atoms with van der Waals surface area (Å²) in [6.45, 7) is 1.36. The van der Waals surface area contributed by atoms with Crippen LogP contribution in [-0.4, -0.2) is 51.5 Å². The summed E-state index contributed by atoms with van der Waals surface area (Å²) in [7, 11) is 1.88. The van der Waals surface area contributed by atoms with Gasteiger partial charge in [0.05, 0.1) is 19.3 Å². The van der Waals surface area contributed by atoms with E-state index in [9.17, 15) is 9.18 Å². The molecule has 3 heterocycles. The fourth-order valence-corrected chi connectivity index (χ4v) is 3.40. The van der Waals surface area contributed by atoms with E-state index < -0.39 is 0 Å². The monoisotopic (exact) mass is 403 g/mol. The lowest BCUT2D eigenvalue weighted by Crippen LogP contribution is -2.35. The number of nitrogens with zero attached hydrogens (tertiary/aromatic N) is 5. The molecule has 9 heteroatoms. The van der Waals surface area contributed by atoms with Crippen molar-refractivity contribution in [3.05, 3.63) is 53.6 Å². The van der Waals surface area contributed by atoms with Gasteiger partial charge in [-0.15, -0.1) is 11.6 Å². The summed E-state index contributed by atoms with van der Waals surface area (Å²) in [5.74, 6) is 0.629. The summed E-state index contributed by atoms with van der Waals surface area (Å²) in [6, 6.07) is 6.26. The van der Waals surface area contributed by atoms with E-state index in [0.29, 0.717) is 42.4 Å². The third-order valence-electron chi connectivity index (χ3n) is 4.70. The lowest BCUT2D eigenvalue weighted by Gasteiger charge is -2.22. The van der Waals surface area contributed by atoms with Crippen LogP contribution in [0.5, 0.6) is 5.75 Å². The number of ether oxygens (including phenoxy) is 1. The molecule has 1 aliphatic rings. The van der Waals surface area contributed by atoms with Gasteiger partial charge in [-0.1, -0.05) is 0 Å². The Morgan fingerprint density at radius 2 is 2.14 bits per heavy atom. The normalized spacial score (nSPS) is 14.8. The number of benzene rings is 1. The molecule has 1 amide bonds. The maximum absolute atomic E-state index is 13.8. The molecule has 146 valence electrons.